The van der Waals surface area contributed by atoms with E-state index >= 15 is 0 Å². The van der Waals surface area contributed by atoms with Gasteiger partial charge in [0.05, 0.1) is 24.2 Å². The Morgan fingerprint density at radius 3 is 2.72 bits per heavy atom. The van der Waals surface area contributed by atoms with Crippen LogP contribution in [-0.4, -0.2) is 76.7 Å². The Bertz CT molecular complexity index is 1000. The monoisotopic (exact) mass is 461 g/mol. The highest BCUT2D eigenvalue weighted by Crippen LogP contribution is 2.27. The van der Waals surface area contributed by atoms with E-state index in [0.717, 1.165) is 24.2 Å². The predicted molar refractivity (Wildman–Crippen MR) is 120 cm³/mol. The number of carbonyl (C=O) groups excluding carboxylic acids is 1. The van der Waals surface area contributed by atoms with Crippen molar-refractivity contribution < 1.29 is 17.9 Å². The zero-order valence-electron chi connectivity index (χ0n) is 18.6. The Kier molecular flexibility index (Phi) is 6.80. The number of nitrogens with one attached hydrogen (secondary N) is 1. The number of aromatic amines is 1. The molecular formula is C22H31N5O4S. The summed E-state index contributed by atoms with van der Waals surface area (Å²) in [4.78, 5) is 18.2. The summed E-state index contributed by atoms with van der Waals surface area (Å²) in [5.74, 6) is 1.11. The number of nitrogens with zero attached hydrogens (tertiary/aromatic N) is 4. The molecule has 0 saturated carbocycles. The van der Waals surface area contributed by atoms with Crippen LogP contribution in [0.15, 0.2) is 30.6 Å². The van der Waals surface area contributed by atoms with E-state index in [1.807, 2.05) is 32.0 Å². The van der Waals surface area contributed by atoms with E-state index in [1.165, 1.54) is 0 Å². The lowest BCUT2D eigenvalue weighted by Crippen LogP contribution is -2.61. The Labute approximate surface area is 189 Å². The molecule has 2 aliphatic heterocycles. The second-order valence-corrected chi connectivity index (χ2v) is 11.3. The number of hydrogen-bond donors (Lipinski definition) is 1. The molecule has 1 N–H and O–H groups in total. The first-order valence-corrected chi connectivity index (χ1v) is 12.7. The van der Waals surface area contributed by atoms with Gasteiger partial charge in [0, 0.05) is 44.7 Å². The van der Waals surface area contributed by atoms with Crippen LogP contribution in [0.5, 0.6) is 5.75 Å². The molecule has 32 heavy (non-hydrogen) atoms. The van der Waals surface area contributed by atoms with E-state index in [-0.39, 0.29) is 17.7 Å². The average molecular weight is 462 g/mol. The van der Waals surface area contributed by atoms with Crippen molar-refractivity contribution in [3.05, 3.63) is 30.6 Å². The van der Waals surface area contributed by atoms with Crippen LogP contribution in [0.2, 0.25) is 0 Å². The van der Waals surface area contributed by atoms with Crippen LogP contribution in [0.3, 0.4) is 0 Å². The predicted octanol–water partition coefficient (Wildman–Crippen LogP) is 2.15. The number of amides is 1. The van der Waals surface area contributed by atoms with Gasteiger partial charge in [0.2, 0.25) is 15.9 Å². The Morgan fingerprint density at radius 1 is 1.25 bits per heavy atom. The van der Waals surface area contributed by atoms with E-state index in [9.17, 15) is 13.2 Å². The van der Waals surface area contributed by atoms with Crippen LogP contribution in [0.4, 0.5) is 0 Å². The molecule has 0 radical (unpaired) electrons. The molecule has 0 unspecified atom stereocenters. The number of H-pyrrole nitrogens is 1. The summed E-state index contributed by atoms with van der Waals surface area (Å²) in [7, 11) is -3.40. The minimum Gasteiger partial charge on any atom is -0.492 e. The fourth-order valence-electron chi connectivity index (χ4n) is 4.15. The molecule has 2 saturated heterocycles. The highest BCUT2D eigenvalue weighted by Gasteiger charge is 2.43. The van der Waals surface area contributed by atoms with Crippen molar-refractivity contribution >= 4 is 15.9 Å². The minimum atomic E-state index is -3.40. The summed E-state index contributed by atoms with van der Waals surface area (Å²) in [5, 5.41) is 6.31. The van der Waals surface area contributed by atoms with Gasteiger partial charge in [0.15, 0.2) is 0 Å². The summed E-state index contributed by atoms with van der Waals surface area (Å²) in [6.07, 6.45) is 5.55. The lowest BCUT2D eigenvalue weighted by atomic mass is 10.0. The van der Waals surface area contributed by atoms with Gasteiger partial charge < -0.3 is 9.64 Å². The minimum absolute atomic E-state index is 0.0449. The molecule has 4 heterocycles. The van der Waals surface area contributed by atoms with Crippen molar-refractivity contribution in [2.24, 2.45) is 11.8 Å². The second-order valence-electron chi connectivity index (χ2n) is 9.09. The molecule has 0 spiro atoms. The van der Waals surface area contributed by atoms with E-state index in [1.54, 1.807) is 21.6 Å². The van der Waals surface area contributed by atoms with Crippen molar-refractivity contribution in [2.75, 3.05) is 32.8 Å². The van der Waals surface area contributed by atoms with Crippen molar-refractivity contribution in [3.8, 4) is 17.1 Å². The maximum Gasteiger partial charge on any atom is 0.222 e. The molecule has 4 rings (SSSR count). The number of hydrogen-bond acceptors (Lipinski definition) is 6. The fourth-order valence-corrected chi connectivity index (χ4v) is 6.11. The fraction of sp³-hybridized carbons (Fsp3) is 0.591. The zero-order chi connectivity index (χ0) is 22.7. The lowest BCUT2D eigenvalue weighted by Gasteiger charge is -2.42. The third kappa shape index (κ3) is 5.12. The first kappa shape index (κ1) is 22.7. The number of piperidine rings is 1. The smallest absolute Gasteiger partial charge is 0.222 e. The molecule has 2 aromatic heterocycles. The molecule has 10 heteroatoms. The van der Waals surface area contributed by atoms with Crippen LogP contribution in [0.1, 0.15) is 33.1 Å². The standard InChI is InChI=1S/C22H31N5O4S/c1-16(2)10-22(28)26-13-19(14-26)32(29,30)27-9-3-4-17(12-27)15-31-18-5-6-20(23-11-18)21-7-8-24-25-21/h5-8,11,16-17,19H,3-4,9-10,12-15H2,1-2H3,(H,24,25)/t17-/m1/s1. The molecule has 0 bridgehead atoms. The quantitative estimate of drug-likeness (QED) is 0.645. The molecule has 2 aromatic rings. The number of likely N-dealkylation sites (tertiary alicyclic amines) is 1. The molecule has 0 aromatic carbocycles. The first-order valence-electron chi connectivity index (χ1n) is 11.2. The van der Waals surface area contributed by atoms with Crippen LogP contribution in [0.25, 0.3) is 11.4 Å². The lowest BCUT2D eigenvalue weighted by molar-refractivity contribution is -0.135. The van der Waals surface area contributed by atoms with E-state index < -0.39 is 15.3 Å². The van der Waals surface area contributed by atoms with Crippen LogP contribution >= 0.6 is 0 Å². The van der Waals surface area contributed by atoms with E-state index in [0.29, 0.717) is 45.0 Å². The molecule has 1 atom stereocenters. The van der Waals surface area contributed by atoms with Gasteiger partial charge in [-0.3, -0.25) is 14.9 Å². The van der Waals surface area contributed by atoms with Crippen molar-refractivity contribution in [3.63, 3.8) is 0 Å². The third-order valence-electron chi connectivity index (χ3n) is 6.05. The summed E-state index contributed by atoms with van der Waals surface area (Å²) in [6.45, 7) is 6.03. The number of aromatic nitrogens is 3. The number of pyridine rings is 1. The first-order chi connectivity index (χ1) is 15.3. The maximum atomic E-state index is 13.1. The highest BCUT2D eigenvalue weighted by molar-refractivity contribution is 7.89. The zero-order valence-corrected chi connectivity index (χ0v) is 19.4. The molecule has 2 aliphatic rings. The molecule has 0 aliphatic carbocycles. The molecule has 1 amide bonds. The Hall–Kier alpha value is -2.46. The maximum absolute atomic E-state index is 13.1. The average Bonchev–Trinajstić information content (AvgIpc) is 3.26. The van der Waals surface area contributed by atoms with Gasteiger partial charge in [-0.1, -0.05) is 13.8 Å². The summed E-state index contributed by atoms with van der Waals surface area (Å²) in [6, 6.07) is 5.57. The summed E-state index contributed by atoms with van der Waals surface area (Å²) in [5.41, 5.74) is 1.62. The normalized spacial score (nSPS) is 20.3. The van der Waals surface area contributed by atoms with Crippen LogP contribution in [0, 0.1) is 11.8 Å². The third-order valence-corrected chi connectivity index (χ3v) is 8.24. The summed E-state index contributed by atoms with van der Waals surface area (Å²) < 4.78 is 33.6. The van der Waals surface area contributed by atoms with Gasteiger partial charge in [-0.05, 0) is 37.0 Å². The number of rotatable bonds is 8. The van der Waals surface area contributed by atoms with Gasteiger partial charge >= 0.3 is 0 Å². The van der Waals surface area contributed by atoms with Crippen LogP contribution in [-0.2, 0) is 14.8 Å². The van der Waals surface area contributed by atoms with Gasteiger partial charge in [0.25, 0.3) is 0 Å². The highest BCUT2D eigenvalue weighted by atomic mass is 32.2. The van der Waals surface area contributed by atoms with Gasteiger partial charge in [-0.2, -0.15) is 5.10 Å². The topological polar surface area (TPSA) is 108 Å². The van der Waals surface area contributed by atoms with Gasteiger partial charge in [-0.25, -0.2) is 12.7 Å². The van der Waals surface area contributed by atoms with E-state index in [4.69, 9.17) is 4.74 Å². The van der Waals surface area contributed by atoms with Gasteiger partial charge in [0.1, 0.15) is 11.0 Å². The van der Waals surface area contributed by atoms with Crippen molar-refractivity contribution in [2.45, 2.75) is 38.4 Å². The summed E-state index contributed by atoms with van der Waals surface area (Å²) >= 11 is 0. The largest absolute Gasteiger partial charge is 0.492 e. The number of ether oxygens (including phenoxy) is 1. The van der Waals surface area contributed by atoms with Crippen molar-refractivity contribution in [1.82, 2.24) is 24.4 Å². The number of sulfonamides is 1. The molecule has 9 nitrogen and oxygen atoms in total. The number of carbonyl (C=O) groups is 1. The SMILES string of the molecule is CC(C)CC(=O)N1CC(S(=O)(=O)N2CCC[C@@H](COc3ccc(-c4ccn[nH]4)nc3)C2)C1. The molecule has 174 valence electrons. The van der Waals surface area contributed by atoms with Crippen molar-refractivity contribution in [1.29, 1.82) is 0 Å². The second kappa shape index (κ2) is 9.58. The Morgan fingerprint density at radius 2 is 2.06 bits per heavy atom. The Balaban J connectivity index is 1.27. The van der Waals surface area contributed by atoms with Gasteiger partial charge in [-0.15, -0.1) is 0 Å². The molecule has 2 fully saturated rings. The van der Waals surface area contributed by atoms with E-state index in [2.05, 4.69) is 15.2 Å². The van der Waals surface area contributed by atoms with Crippen LogP contribution < -0.4 is 4.74 Å². The molecular weight excluding hydrogens is 430 g/mol.